The number of amides is 1. The van der Waals surface area contributed by atoms with Gasteiger partial charge in [-0.2, -0.15) is 0 Å². The van der Waals surface area contributed by atoms with Crippen LogP contribution in [-0.4, -0.2) is 67.4 Å². The molecule has 8 heteroatoms. The Labute approximate surface area is 174 Å². The number of likely N-dealkylation sites (tertiary alicyclic amines) is 2. The third kappa shape index (κ3) is 3.52. The molecule has 4 heterocycles. The molecule has 0 unspecified atom stereocenters. The molecule has 1 N–H and O–H groups in total. The van der Waals surface area contributed by atoms with Gasteiger partial charge in [-0.25, -0.2) is 9.78 Å². The van der Waals surface area contributed by atoms with Gasteiger partial charge in [0.15, 0.2) is 0 Å². The maximum atomic E-state index is 12.6. The van der Waals surface area contributed by atoms with Crippen molar-refractivity contribution >= 4 is 16.9 Å². The Morgan fingerprint density at radius 2 is 1.70 bits per heavy atom. The molecule has 1 amide bonds. The Morgan fingerprint density at radius 1 is 0.967 bits per heavy atom. The van der Waals surface area contributed by atoms with E-state index in [2.05, 4.69) is 19.9 Å². The molecule has 2 aromatic heterocycles. The Kier molecular flexibility index (Phi) is 5.08. The number of hydrogen-bond donors (Lipinski definition) is 1. The topological polar surface area (TPSA) is 87.1 Å². The van der Waals surface area contributed by atoms with Crippen LogP contribution in [0, 0.1) is 0 Å². The van der Waals surface area contributed by atoms with Gasteiger partial charge in [-0.15, -0.1) is 0 Å². The van der Waals surface area contributed by atoms with Crippen LogP contribution in [0.3, 0.4) is 0 Å². The van der Waals surface area contributed by atoms with Gasteiger partial charge in [-0.3, -0.25) is 14.3 Å². The molecule has 0 saturated carbocycles. The lowest BCUT2D eigenvalue weighted by molar-refractivity contribution is 0.0552. The summed E-state index contributed by atoms with van der Waals surface area (Å²) in [4.78, 5) is 40.6. The van der Waals surface area contributed by atoms with Crippen molar-refractivity contribution in [3.63, 3.8) is 0 Å². The van der Waals surface area contributed by atoms with Crippen molar-refractivity contribution in [1.82, 2.24) is 29.3 Å². The molecule has 0 aliphatic carbocycles. The molecular formula is C22H26N6O2. The van der Waals surface area contributed by atoms with Gasteiger partial charge in [0.1, 0.15) is 5.69 Å². The van der Waals surface area contributed by atoms with Crippen molar-refractivity contribution in [2.45, 2.75) is 37.8 Å². The van der Waals surface area contributed by atoms with E-state index >= 15 is 0 Å². The normalized spacial score (nSPS) is 19.4. The number of nitrogens with one attached hydrogen (secondary N) is 1. The van der Waals surface area contributed by atoms with Crippen LogP contribution in [-0.2, 0) is 0 Å². The largest absolute Gasteiger partial charge is 0.337 e. The number of imidazole rings is 1. The van der Waals surface area contributed by atoms with E-state index in [4.69, 9.17) is 0 Å². The molecule has 30 heavy (non-hydrogen) atoms. The first kappa shape index (κ1) is 19.0. The van der Waals surface area contributed by atoms with Crippen LogP contribution in [0.15, 0.2) is 47.7 Å². The third-order valence-corrected chi connectivity index (χ3v) is 6.54. The van der Waals surface area contributed by atoms with Gasteiger partial charge < -0.3 is 14.8 Å². The molecule has 2 aliphatic heterocycles. The monoisotopic (exact) mass is 406 g/mol. The first-order valence-corrected chi connectivity index (χ1v) is 10.7. The van der Waals surface area contributed by atoms with Gasteiger partial charge in [0.25, 0.3) is 5.91 Å². The Balaban J connectivity index is 1.18. The summed E-state index contributed by atoms with van der Waals surface area (Å²) in [6, 6.07) is 8.64. The van der Waals surface area contributed by atoms with Crippen molar-refractivity contribution in [2.24, 2.45) is 0 Å². The quantitative estimate of drug-likeness (QED) is 0.719. The number of benzene rings is 1. The van der Waals surface area contributed by atoms with Gasteiger partial charge >= 0.3 is 5.69 Å². The maximum Gasteiger partial charge on any atom is 0.326 e. The van der Waals surface area contributed by atoms with Gasteiger partial charge in [0.05, 0.1) is 17.2 Å². The van der Waals surface area contributed by atoms with Crippen LogP contribution in [0.1, 0.15) is 42.2 Å². The SMILES string of the molecule is O=C(c1cnccn1)N1CCC(N2CCC(n3c(=O)[nH]c4ccccc43)CC2)CC1. The number of fused-ring (bicyclic) bond motifs is 1. The standard InChI is InChI=1S/C22H26N6O2/c29-21(19-15-23-9-10-24-19)27-13-5-16(6-14-27)26-11-7-17(8-12-26)28-20-4-2-1-3-18(20)25-22(28)30/h1-4,9-10,15-17H,5-8,11-14H2,(H,25,30). The summed E-state index contributed by atoms with van der Waals surface area (Å²) in [5, 5.41) is 0. The smallest absolute Gasteiger partial charge is 0.326 e. The molecule has 0 atom stereocenters. The zero-order valence-electron chi connectivity index (χ0n) is 16.9. The fourth-order valence-corrected chi connectivity index (χ4v) is 4.95. The summed E-state index contributed by atoms with van der Waals surface area (Å²) >= 11 is 0. The Morgan fingerprint density at radius 3 is 2.43 bits per heavy atom. The molecule has 1 aromatic carbocycles. The lowest BCUT2D eigenvalue weighted by atomic mass is 9.97. The zero-order chi connectivity index (χ0) is 20.5. The minimum atomic E-state index is -0.0287. The molecule has 2 fully saturated rings. The van der Waals surface area contributed by atoms with E-state index in [1.54, 1.807) is 12.4 Å². The van der Waals surface area contributed by atoms with E-state index in [1.165, 1.54) is 6.20 Å². The molecule has 0 bridgehead atoms. The fourth-order valence-electron chi connectivity index (χ4n) is 4.95. The number of nitrogens with zero attached hydrogens (tertiary/aromatic N) is 5. The van der Waals surface area contributed by atoms with Crippen LogP contribution in [0.5, 0.6) is 0 Å². The van der Waals surface area contributed by atoms with Gasteiger partial charge in [-0.1, -0.05) is 12.1 Å². The fraction of sp³-hybridized carbons (Fsp3) is 0.455. The van der Waals surface area contributed by atoms with E-state index in [0.29, 0.717) is 11.7 Å². The maximum absolute atomic E-state index is 12.6. The van der Waals surface area contributed by atoms with Crippen molar-refractivity contribution in [1.29, 1.82) is 0 Å². The predicted molar refractivity (Wildman–Crippen MR) is 113 cm³/mol. The van der Waals surface area contributed by atoms with E-state index < -0.39 is 0 Å². The van der Waals surface area contributed by atoms with Gasteiger partial charge in [0.2, 0.25) is 0 Å². The lowest BCUT2D eigenvalue weighted by Crippen LogP contribution is -2.49. The number of carbonyl (C=O) groups is 1. The number of para-hydroxylation sites is 2. The summed E-state index contributed by atoms with van der Waals surface area (Å²) in [6.45, 7) is 3.47. The average Bonchev–Trinajstić information content (AvgIpc) is 3.15. The highest BCUT2D eigenvalue weighted by Crippen LogP contribution is 2.28. The average molecular weight is 406 g/mol. The third-order valence-electron chi connectivity index (χ3n) is 6.54. The van der Waals surface area contributed by atoms with Gasteiger partial charge in [-0.05, 0) is 37.8 Å². The van der Waals surface area contributed by atoms with E-state index in [-0.39, 0.29) is 17.6 Å². The number of rotatable bonds is 3. The summed E-state index contributed by atoms with van der Waals surface area (Å²) in [6.07, 6.45) is 8.57. The van der Waals surface area contributed by atoms with E-state index in [1.807, 2.05) is 33.7 Å². The van der Waals surface area contributed by atoms with E-state index in [9.17, 15) is 9.59 Å². The summed E-state index contributed by atoms with van der Waals surface area (Å²) in [7, 11) is 0. The number of hydrogen-bond acceptors (Lipinski definition) is 5. The number of H-pyrrole nitrogens is 1. The van der Waals surface area contributed by atoms with Crippen molar-refractivity contribution in [2.75, 3.05) is 26.2 Å². The van der Waals surface area contributed by atoms with Crippen LogP contribution in [0.2, 0.25) is 0 Å². The second-order valence-electron chi connectivity index (χ2n) is 8.20. The Hall–Kier alpha value is -3.00. The number of piperidine rings is 2. The highest BCUT2D eigenvalue weighted by atomic mass is 16.2. The summed E-state index contributed by atoms with van der Waals surface area (Å²) < 4.78 is 1.94. The first-order chi connectivity index (χ1) is 14.7. The van der Waals surface area contributed by atoms with Crippen LogP contribution in [0.4, 0.5) is 0 Å². The van der Waals surface area contributed by atoms with Crippen molar-refractivity contribution in [3.05, 3.63) is 59.0 Å². The summed E-state index contributed by atoms with van der Waals surface area (Å²) in [5.41, 5.74) is 2.31. The summed E-state index contributed by atoms with van der Waals surface area (Å²) in [5.74, 6) is -0.0287. The second-order valence-corrected chi connectivity index (χ2v) is 8.20. The molecule has 2 aliphatic rings. The van der Waals surface area contributed by atoms with Crippen molar-refractivity contribution in [3.8, 4) is 0 Å². The molecule has 3 aromatic rings. The first-order valence-electron chi connectivity index (χ1n) is 10.7. The molecule has 0 spiro atoms. The molecule has 156 valence electrons. The molecule has 5 rings (SSSR count). The predicted octanol–water partition coefficient (Wildman–Crippen LogP) is 2.06. The highest BCUT2D eigenvalue weighted by Gasteiger charge is 2.31. The lowest BCUT2D eigenvalue weighted by Gasteiger charge is -2.41. The number of carbonyl (C=O) groups excluding carboxylic acids is 1. The minimum Gasteiger partial charge on any atom is -0.337 e. The zero-order valence-corrected chi connectivity index (χ0v) is 16.9. The van der Waals surface area contributed by atoms with Crippen LogP contribution >= 0.6 is 0 Å². The Bertz CT molecular complexity index is 1080. The number of aromatic nitrogens is 4. The van der Waals surface area contributed by atoms with Crippen molar-refractivity contribution < 1.29 is 4.79 Å². The molecular weight excluding hydrogens is 380 g/mol. The van der Waals surface area contributed by atoms with Gasteiger partial charge in [0, 0.05) is 50.7 Å². The van der Waals surface area contributed by atoms with Crippen LogP contribution < -0.4 is 5.69 Å². The minimum absolute atomic E-state index is 0.00881. The van der Waals surface area contributed by atoms with Crippen LogP contribution in [0.25, 0.3) is 11.0 Å². The molecule has 2 saturated heterocycles. The second kappa shape index (κ2) is 8.02. The highest BCUT2D eigenvalue weighted by molar-refractivity contribution is 5.92. The van der Waals surface area contributed by atoms with E-state index in [0.717, 1.165) is 62.9 Å². The number of aromatic amines is 1. The molecule has 0 radical (unpaired) electrons. The molecule has 8 nitrogen and oxygen atoms in total.